The van der Waals surface area contributed by atoms with E-state index in [2.05, 4.69) is 10.7 Å². The Hall–Kier alpha value is -2.97. The van der Waals surface area contributed by atoms with E-state index in [9.17, 15) is 14.4 Å². The number of methoxy groups -OCH3 is 3. The summed E-state index contributed by atoms with van der Waals surface area (Å²) in [4.78, 5) is 37.7. The van der Waals surface area contributed by atoms with Gasteiger partial charge in [-0.25, -0.2) is 4.79 Å². The van der Waals surface area contributed by atoms with Crippen LogP contribution < -0.4 is 25.0 Å². The van der Waals surface area contributed by atoms with Crippen molar-refractivity contribution in [1.82, 2.24) is 15.8 Å². The van der Waals surface area contributed by atoms with Gasteiger partial charge in [-0.1, -0.05) is 19.3 Å². The lowest BCUT2D eigenvalue weighted by molar-refractivity contribution is -0.134. The Morgan fingerprint density at radius 3 is 2.15 bits per heavy atom. The minimum Gasteiger partial charge on any atom is -0.493 e. The Kier molecular flexibility index (Phi) is 5.11. The van der Waals surface area contributed by atoms with Crippen LogP contribution in [0.15, 0.2) is 12.1 Å². The fourth-order valence-electron chi connectivity index (χ4n) is 3.59. The molecule has 1 aliphatic heterocycles. The van der Waals surface area contributed by atoms with E-state index in [4.69, 9.17) is 14.2 Å². The van der Waals surface area contributed by atoms with Crippen LogP contribution in [0.2, 0.25) is 0 Å². The Morgan fingerprint density at radius 2 is 1.63 bits per heavy atom. The zero-order valence-corrected chi connectivity index (χ0v) is 15.6. The van der Waals surface area contributed by atoms with Crippen LogP contribution in [-0.4, -0.2) is 49.7 Å². The van der Waals surface area contributed by atoms with Crippen molar-refractivity contribution in [2.75, 3.05) is 21.3 Å². The van der Waals surface area contributed by atoms with Crippen LogP contribution in [0.5, 0.6) is 17.2 Å². The first-order valence-corrected chi connectivity index (χ1v) is 8.73. The maximum absolute atomic E-state index is 12.8. The van der Waals surface area contributed by atoms with E-state index in [1.165, 1.54) is 33.5 Å². The molecule has 2 aliphatic rings. The van der Waals surface area contributed by atoms with E-state index in [1.54, 1.807) is 0 Å². The summed E-state index contributed by atoms with van der Waals surface area (Å²) in [6, 6.07) is 2.28. The van der Waals surface area contributed by atoms with Crippen LogP contribution >= 0.6 is 0 Å². The number of nitrogens with zero attached hydrogens (tertiary/aromatic N) is 1. The minimum atomic E-state index is -0.905. The van der Waals surface area contributed by atoms with E-state index in [1.807, 2.05) is 0 Å². The van der Waals surface area contributed by atoms with Gasteiger partial charge in [-0.2, -0.15) is 5.01 Å². The first-order chi connectivity index (χ1) is 13.0. The molecule has 1 saturated carbocycles. The first kappa shape index (κ1) is 18.8. The number of rotatable bonds is 5. The van der Waals surface area contributed by atoms with Crippen LogP contribution in [0.3, 0.4) is 0 Å². The number of ether oxygens (including phenoxy) is 3. The number of amides is 4. The maximum atomic E-state index is 12.8. The molecule has 1 spiro atoms. The highest BCUT2D eigenvalue weighted by molar-refractivity contribution is 6.09. The molecule has 1 heterocycles. The van der Waals surface area contributed by atoms with Crippen molar-refractivity contribution >= 4 is 17.8 Å². The van der Waals surface area contributed by atoms with Gasteiger partial charge in [0.15, 0.2) is 11.5 Å². The molecule has 2 N–H and O–H groups in total. The summed E-state index contributed by atoms with van der Waals surface area (Å²) < 4.78 is 15.7. The molecule has 0 aromatic heterocycles. The average Bonchev–Trinajstić information content (AvgIpc) is 2.91. The van der Waals surface area contributed by atoms with Gasteiger partial charge in [-0.15, -0.1) is 0 Å². The normalized spacial score (nSPS) is 18.3. The molecule has 9 heteroatoms. The van der Waals surface area contributed by atoms with Crippen molar-refractivity contribution in [3.05, 3.63) is 17.7 Å². The highest BCUT2D eigenvalue weighted by Crippen LogP contribution is 2.38. The molecule has 2 fully saturated rings. The van der Waals surface area contributed by atoms with Gasteiger partial charge < -0.3 is 19.5 Å². The maximum Gasteiger partial charge on any atom is 0.344 e. The molecule has 0 unspecified atom stereocenters. The smallest absolute Gasteiger partial charge is 0.344 e. The third-order valence-electron chi connectivity index (χ3n) is 5.01. The molecular formula is C18H23N3O6. The number of imide groups is 1. The molecular weight excluding hydrogens is 354 g/mol. The number of hydrogen-bond donors (Lipinski definition) is 2. The summed E-state index contributed by atoms with van der Waals surface area (Å²) in [7, 11) is 4.32. The third-order valence-corrected chi connectivity index (χ3v) is 5.01. The van der Waals surface area contributed by atoms with Crippen LogP contribution in [0.25, 0.3) is 0 Å². The van der Waals surface area contributed by atoms with Crippen molar-refractivity contribution in [3.63, 3.8) is 0 Å². The van der Waals surface area contributed by atoms with E-state index in [0.29, 0.717) is 30.1 Å². The van der Waals surface area contributed by atoms with Crippen molar-refractivity contribution in [1.29, 1.82) is 0 Å². The zero-order valence-electron chi connectivity index (χ0n) is 15.6. The van der Waals surface area contributed by atoms with Crippen LogP contribution in [0.4, 0.5) is 4.79 Å². The lowest BCUT2D eigenvalue weighted by atomic mass is 9.82. The van der Waals surface area contributed by atoms with Crippen molar-refractivity contribution in [2.24, 2.45) is 0 Å². The SMILES string of the molecule is COc1cc(C(=O)NN2C(=O)NC3(CCCCC3)C2=O)cc(OC)c1OC. The lowest BCUT2D eigenvalue weighted by Crippen LogP contribution is -2.50. The van der Waals surface area contributed by atoms with Crippen molar-refractivity contribution in [2.45, 2.75) is 37.6 Å². The van der Waals surface area contributed by atoms with Gasteiger partial charge in [-0.3, -0.25) is 15.0 Å². The van der Waals surface area contributed by atoms with Gasteiger partial charge in [0.05, 0.1) is 21.3 Å². The van der Waals surface area contributed by atoms with Gasteiger partial charge in [0.2, 0.25) is 5.75 Å². The van der Waals surface area contributed by atoms with Gasteiger partial charge in [0.1, 0.15) is 5.54 Å². The second-order valence-corrected chi connectivity index (χ2v) is 6.57. The number of carbonyl (C=O) groups is 3. The average molecular weight is 377 g/mol. The van der Waals surface area contributed by atoms with Gasteiger partial charge in [-0.05, 0) is 25.0 Å². The molecule has 0 bridgehead atoms. The topological polar surface area (TPSA) is 106 Å². The van der Waals surface area contributed by atoms with E-state index in [0.717, 1.165) is 24.3 Å². The molecule has 1 saturated heterocycles. The lowest BCUT2D eigenvalue weighted by Gasteiger charge is -2.30. The summed E-state index contributed by atoms with van der Waals surface area (Å²) in [6.07, 6.45) is 3.91. The second-order valence-electron chi connectivity index (χ2n) is 6.57. The molecule has 1 aromatic rings. The molecule has 9 nitrogen and oxygen atoms in total. The number of urea groups is 1. The molecule has 1 aliphatic carbocycles. The zero-order chi connectivity index (χ0) is 19.6. The Balaban J connectivity index is 1.83. The third kappa shape index (κ3) is 3.24. The Bertz CT molecular complexity index is 747. The van der Waals surface area contributed by atoms with Crippen molar-refractivity contribution in [3.8, 4) is 17.2 Å². The molecule has 3 rings (SSSR count). The molecule has 27 heavy (non-hydrogen) atoms. The highest BCUT2D eigenvalue weighted by Gasteiger charge is 2.52. The standard InChI is InChI=1S/C18H23N3O6/c1-25-12-9-11(10-13(26-2)14(12)27-3)15(22)20-21-16(23)18(19-17(21)24)7-5-4-6-8-18/h9-10H,4-8H2,1-3H3,(H,19,24)(H,20,22). The monoisotopic (exact) mass is 377 g/mol. The number of hydrogen-bond acceptors (Lipinski definition) is 6. The molecule has 0 atom stereocenters. The first-order valence-electron chi connectivity index (χ1n) is 8.73. The molecule has 146 valence electrons. The molecule has 4 amide bonds. The number of nitrogens with one attached hydrogen (secondary N) is 2. The van der Waals surface area contributed by atoms with Crippen LogP contribution in [-0.2, 0) is 4.79 Å². The van der Waals surface area contributed by atoms with E-state index < -0.39 is 23.4 Å². The van der Waals surface area contributed by atoms with Gasteiger partial charge in [0.25, 0.3) is 11.8 Å². The fraction of sp³-hybridized carbons (Fsp3) is 0.500. The number of carbonyl (C=O) groups excluding carboxylic acids is 3. The molecule has 0 radical (unpaired) electrons. The number of benzene rings is 1. The van der Waals surface area contributed by atoms with Crippen molar-refractivity contribution < 1.29 is 28.6 Å². The Morgan fingerprint density at radius 1 is 1.04 bits per heavy atom. The summed E-state index contributed by atoms with van der Waals surface area (Å²) in [5.41, 5.74) is 1.64. The minimum absolute atomic E-state index is 0.162. The summed E-state index contributed by atoms with van der Waals surface area (Å²) in [5, 5.41) is 3.50. The number of hydrazine groups is 1. The largest absolute Gasteiger partial charge is 0.493 e. The fourth-order valence-corrected chi connectivity index (χ4v) is 3.59. The quantitative estimate of drug-likeness (QED) is 0.755. The predicted octanol–water partition coefficient (Wildman–Crippen LogP) is 1.61. The van der Waals surface area contributed by atoms with Gasteiger partial charge >= 0.3 is 6.03 Å². The summed E-state index contributed by atoms with van der Waals surface area (Å²) in [6.45, 7) is 0. The summed E-state index contributed by atoms with van der Waals surface area (Å²) in [5.74, 6) is -0.128. The van der Waals surface area contributed by atoms with Crippen LogP contribution in [0.1, 0.15) is 42.5 Å². The van der Waals surface area contributed by atoms with E-state index >= 15 is 0 Å². The predicted molar refractivity (Wildman–Crippen MR) is 94.8 cm³/mol. The van der Waals surface area contributed by atoms with Crippen LogP contribution in [0, 0.1) is 0 Å². The van der Waals surface area contributed by atoms with Gasteiger partial charge in [0, 0.05) is 5.56 Å². The second kappa shape index (κ2) is 7.34. The van der Waals surface area contributed by atoms with E-state index in [-0.39, 0.29) is 5.56 Å². The Labute approximate surface area is 156 Å². The summed E-state index contributed by atoms with van der Waals surface area (Å²) >= 11 is 0. The highest BCUT2D eigenvalue weighted by atomic mass is 16.5. The molecule has 1 aromatic carbocycles.